The fraction of sp³-hybridized carbons (Fsp3) is 0.300. The van der Waals surface area contributed by atoms with Gasteiger partial charge in [0.25, 0.3) is 5.91 Å². The van der Waals surface area contributed by atoms with Crippen LogP contribution in [0.5, 0.6) is 5.75 Å². The topological polar surface area (TPSA) is 79.5 Å². The number of anilines is 1. The van der Waals surface area contributed by atoms with Crippen molar-refractivity contribution in [1.29, 1.82) is 0 Å². The lowest BCUT2D eigenvalue weighted by Gasteiger charge is -2.18. The standard InChI is InChI=1S/C20H20Cl2FN3O3Si/c21-12-1-3-13(4-2-12)25-20(28)17-7-8-30-19(10-24-17)26-18(27)11-29-14-5-6-15(22)16(23)9-14/h1-6,9,17,19,24H,7-8,10-11H2,(H,25,28)(H,26,27)/t17-,19+/m1/s1. The molecule has 3 rings (SSSR count). The van der Waals surface area contributed by atoms with Gasteiger partial charge in [-0.05, 0) is 42.8 Å². The summed E-state index contributed by atoms with van der Waals surface area (Å²) in [5, 5.41) is 9.56. The molecule has 3 N–H and O–H groups in total. The highest BCUT2D eigenvalue weighted by Crippen LogP contribution is 2.20. The number of carbonyl (C=O) groups excluding carboxylic acids is 2. The number of rotatable bonds is 6. The zero-order chi connectivity index (χ0) is 21.5. The van der Waals surface area contributed by atoms with Gasteiger partial charge in [0.2, 0.25) is 5.91 Å². The summed E-state index contributed by atoms with van der Waals surface area (Å²) < 4.78 is 18.7. The minimum atomic E-state index is -0.605. The summed E-state index contributed by atoms with van der Waals surface area (Å²) in [5.74, 6) is -0.810. The number of amides is 2. The molecular weight excluding hydrogens is 448 g/mol. The lowest BCUT2D eigenvalue weighted by molar-refractivity contribution is -0.123. The first kappa shape index (κ1) is 22.5. The molecule has 2 amide bonds. The van der Waals surface area contributed by atoms with Crippen LogP contribution in [0, 0.1) is 5.82 Å². The maximum atomic E-state index is 13.4. The normalized spacial score (nSPS) is 18.9. The molecule has 2 aromatic carbocycles. The largest absolute Gasteiger partial charge is 0.484 e. The van der Waals surface area contributed by atoms with Crippen molar-refractivity contribution in [3.05, 3.63) is 58.3 Å². The first-order chi connectivity index (χ1) is 14.4. The van der Waals surface area contributed by atoms with Gasteiger partial charge in [-0.1, -0.05) is 29.2 Å². The van der Waals surface area contributed by atoms with Gasteiger partial charge in [0, 0.05) is 29.0 Å². The van der Waals surface area contributed by atoms with Crippen LogP contribution >= 0.6 is 23.2 Å². The molecule has 2 radical (unpaired) electrons. The van der Waals surface area contributed by atoms with E-state index in [1.54, 1.807) is 24.3 Å². The molecule has 0 saturated carbocycles. The van der Waals surface area contributed by atoms with E-state index in [1.807, 2.05) is 0 Å². The van der Waals surface area contributed by atoms with Gasteiger partial charge in [-0.3, -0.25) is 9.59 Å². The minimum absolute atomic E-state index is 0.00724. The predicted molar refractivity (Wildman–Crippen MR) is 116 cm³/mol. The van der Waals surface area contributed by atoms with E-state index in [0.29, 0.717) is 33.2 Å². The highest BCUT2D eigenvalue weighted by atomic mass is 35.5. The summed E-state index contributed by atoms with van der Waals surface area (Å²) in [7, 11) is 0.466. The molecule has 1 aliphatic heterocycles. The van der Waals surface area contributed by atoms with Crippen molar-refractivity contribution in [2.45, 2.75) is 24.2 Å². The number of carbonyl (C=O) groups is 2. The highest BCUT2D eigenvalue weighted by Gasteiger charge is 2.25. The average Bonchev–Trinajstić information content (AvgIpc) is 2.96. The van der Waals surface area contributed by atoms with Crippen molar-refractivity contribution in [2.24, 2.45) is 0 Å². The van der Waals surface area contributed by atoms with Crippen molar-refractivity contribution in [3.8, 4) is 5.75 Å². The summed E-state index contributed by atoms with van der Waals surface area (Å²) in [4.78, 5) is 24.7. The van der Waals surface area contributed by atoms with Crippen molar-refractivity contribution < 1.29 is 18.7 Å². The third-order valence-electron chi connectivity index (χ3n) is 4.42. The van der Waals surface area contributed by atoms with Crippen LogP contribution in [0.15, 0.2) is 42.5 Å². The van der Waals surface area contributed by atoms with Crippen LogP contribution in [0.3, 0.4) is 0 Å². The molecule has 0 bridgehead atoms. The molecule has 0 unspecified atom stereocenters. The second-order valence-electron chi connectivity index (χ2n) is 6.68. The van der Waals surface area contributed by atoms with Gasteiger partial charge >= 0.3 is 0 Å². The smallest absolute Gasteiger partial charge is 0.257 e. The van der Waals surface area contributed by atoms with E-state index < -0.39 is 5.82 Å². The number of hydrogen-bond donors (Lipinski definition) is 3. The fourth-order valence-electron chi connectivity index (χ4n) is 2.88. The number of hydrogen-bond acceptors (Lipinski definition) is 4. The van der Waals surface area contributed by atoms with Gasteiger partial charge in [-0.2, -0.15) is 0 Å². The minimum Gasteiger partial charge on any atom is -0.484 e. The number of nitrogens with one attached hydrogen (secondary N) is 3. The summed E-state index contributed by atoms with van der Waals surface area (Å²) in [6, 6.07) is 11.4. The number of benzene rings is 2. The van der Waals surface area contributed by atoms with Gasteiger partial charge in [-0.15, -0.1) is 0 Å². The van der Waals surface area contributed by atoms with Crippen LogP contribution in [0.25, 0.3) is 0 Å². The summed E-state index contributed by atoms with van der Waals surface area (Å²) in [6.45, 7) is 0.237. The Morgan fingerprint density at radius 2 is 1.97 bits per heavy atom. The SMILES string of the molecule is O=C(COc1ccc(Cl)c(F)c1)N[C@@H]1CN[C@@H](C(=O)Nc2ccc(Cl)cc2)CC[Si]1. The summed E-state index contributed by atoms with van der Waals surface area (Å²) in [5.41, 5.74) is 0.579. The predicted octanol–water partition coefficient (Wildman–Crippen LogP) is 3.08. The molecule has 1 saturated heterocycles. The van der Waals surface area contributed by atoms with E-state index in [-0.39, 0.29) is 40.9 Å². The van der Waals surface area contributed by atoms with Gasteiger partial charge in [0.05, 0.1) is 20.6 Å². The van der Waals surface area contributed by atoms with Gasteiger partial charge < -0.3 is 20.7 Å². The van der Waals surface area contributed by atoms with Crippen LogP contribution in [0.4, 0.5) is 10.1 Å². The molecule has 30 heavy (non-hydrogen) atoms. The van der Waals surface area contributed by atoms with Crippen molar-refractivity contribution in [1.82, 2.24) is 10.6 Å². The van der Waals surface area contributed by atoms with Crippen molar-refractivity contribution in [3.63, 3.8) is 0 Å². The molecule has 1 heterocycles. The molecular formula is C20H20Cl2FN3O3Si. The Morgan fingerprint density at radius 1 is 1.20 bits per heavy atom. The van der Waals surface area contributed by atoms with Crippen molar-refractivity contribution >= 4 is 50.2 Å². The van der Waals surface area contributed by atoms with E-state index in [2.05, 4.69) is 16.0 Å². The van der Waals surface area contributed by atoms with Crippen LogP contribution in [0.1, 0.15) is 6.42 Å². The Hall–Kier alpha value is -2.13. The molecule has 0 aliphatic carbocycles. The molecule has 2 aromatic rings. The molecule has 158 valence electrons. The third-order valence-corrected chi connectivity index (χ3v) is 6.39. The van der Waals surface area contributed by atoms with E-state index in [4.69, 9.17) is 27.9 Å². The Kier molecular flexibility index (Phi) is 8.09. The number of ether oxygens (including phenoxy) is 1. The Bertz CT molecular complexity index is 901. The van der Waals surface area contributed by atoms with Gasteiger partial charge in [-0.25, -0.2) is 4.39 Å². The fourth-order valence-corrected chi connectivity index (χ4v) is 4.45. The van der Waals surface area contributed by atoms with Crippen LogP contribution in [-0.2, 0) is 9.59 Å². The van der Waals surface area contributed by atoms with Gasteiger partial charge in [0.1, 0.15) is 11.6 Å². The molecule has 10 heteroatoms. The van der Waals surface area contributed by atoms with E-state index in [0.717, 1.165) is 12.1 Å². The molecule has 1 fully saturated rings. The summed E-state index contributed by atoms with van der Waals surface area (Å²) >= 11 is 11.5. The Balaban J connectivity index is 1.43. The molecule has 2 atom stereocenters. The Morgan fingerprint density at radius 3 is 2.70 bits per heavy atom. The zero-order valence-corrected chi connectivity index (χ0v) is 18.4. The van der Waals surface area contributed by atoms with E-state index >= 15 is 0 Å². The average molecular weight is 468 g/mol. The Labute approximate surface area is 186 Å². The maximum absolute atomic E-state index is 13.4. The summed E-state index contributed by atoms with van der Waals surface area (Å²) in [6.07, 6.45) is 0.671. The molecule has 6 nitrogen and oxygen atoms in total. The first-order valence-electron chi connectivity index (χ1n) is 9.31. The van der Waals surface area contributed by atoms with Crippen LogP contribution in [0.2, 0.25) is 16.1 Å². The van der Waals surface area contributed by atoms with Crippen molar-refractivity contribution in [2.75, 3.05) is 18.5 Å². The monoisotopic (exact) mass is 467 g/mol. The van der Waals surface area contributed by atoms with Crippen LogP contribution < -0.4 is 20.7 Å². The first-order valence-corrected chi connectivity index (χ1v) is 11.3. The quantitative estimate of drug-likeness (QED) is 0.570. The second-order valence-corrected chi connectivity index (χ2v) is 9.13. The molecule has 0 spiro atoms. The number of halogens is 3. The van der Waals surface area contributed by atoms with Gasteiger partial charge in [0.15, 0.2) is 6.61 Å². The lowest BCUT2D eigenvalue weighted by Crippen LogP contribution is -2.48. The lowest BCUT2D eigenvalue weighted by atomic mass is 10.2. The van der Waals surface area contributed by atoms with E-state index in [9.17, 15) is 14.0 Å². The second kappa shape index (κ2) is 10.8. The van der Waals surface area contributed by atoms with E-state index in [1.165, 1.54) is 12.1 Å². The molecule has 1 aliphatic rings. The molecule has 0 aromatic heterocycles. The highest BCUT2D eigenvalue weighted by molar-refractivity contribution is 6.38. The zero-order valence-electron chi connectivity index (χ0n) is 15.9. The van der Waals surface area contributed by atoms with Crippen LogP contribution in [-0.4, -0.2) is 46.2 Å². The maximum Gasteiger partial charge on any atom is 0.257 e. The third kappa shape index (κ3) is 6.70.